The molecule has 0 aliphatic carbocycles. The fourth-order valence-electron chi connectivity index (χ4n) is 3.02. The summed E-state index contributed by atoms with van der Waals surface area (Å²) in [6.07, 6.45) is 5.39. The fraction of sp³-hybridized carbons (Fsp3) is 0.417. The summed E-state index contributed by atoms with van der Waals surface area (Å²) in [6, 6.07) is 15.3. The van der Waals surface area contributed by atoms with Gasteiger partial charge in [-0.2, -0.15) is 0 Å². The summed E-state index contributed by atoms with van der Waals surface area (Å²) < 4.78 is 10.5. The number of unbranched alkanes of at least 4 members (excludes halogenated alkanes) is 4. The zero-order valence-corrected chi connectivity index (χ0v) is 17.1. The lowest BCUT2D eigenvalue weighted by Crippen LogP contribution is -2.06. The van der Waals surface area contributed by atoms with Gasteiger partial charge in [0, 0.05) is 6.92 Å². The monoisotopic (exact) mass is 382 g/mol. The van der Waals surface area contributed by atoms with E-state index in [0.29, 0.717) is 12.2 Å². The fourth-order valence-corrected chi connectivity index (χ4v) is 3.02. The molecule has 0 spiro atoms. The first kappa shape index (κ1) is 21.7. The van der Waals surface area contributed by atoms with Crippen LogP contribution in [0.4, 0.5) is 0 Å². The maximum Gasteiger partial charge on any atom is 0.338 e. The van der Waals surface area contributed by atoms with Crippen molar-refractivity contribution in [1.29, 1.82) is 0 Å². The van der Waals surface area contributed by atoms with Crippen molar-refractivity contribution < 1.29 is 19.1 Å². The van der Waals surface area contributed by atoms with Gasteiger partial charge in [-0.3, -0.25) is 4.79 Å². The van der Waals surface area contributed by atoms with Gasteiger partial charge in [-0.05, 0) is 42.2 Å². The van der Waals surface area contributed by atoms with Crippen molar-refractivity contribution in [2.75, 3.05) is 6.61 Å². The smallest absolute Gasteiger partial charge is 0.338 e. The molecule has 0 saturated carbocycles. The molecule has 0 fully saturated rings. The zero-order chi connectivity index (χ0) is 20.4. The lowest BCUT2D eigenvalue weighted by Gasteiger charge is -2.12. The molecule has 1 atom stereocenters. The van der Waals surface area contributed by atoms with Gasteiger partial charge in [0.25, 0.3) is 0 Å². The van der Waals surface area contributed by atoms with Crippen molar-refractivity contribution in [2.24, 2.45) is 0 Å². The average molecular weight is 383 g/mol. The molecule has 150 valence electrons. The molecule has 2 aromatic carbocycles. The number of rotatable bonds is 10. The van der Waals surface area contributed by atoms with Gasteiger partial charge in [0.05, 0.1) is 12.2 Å². The Morgan fingerprint density at radius 2 is 1.43 bits per heavy atom. The minimum absolute atomic E-state index is 0.271. The third-order valence-corrected chi connectivity index (χ3v) is 4.66. The van der Waals surface area contributed by atoms with E-state index in [1.54, 1.807) is 12.1 Å². The van der Waals surface area contributed by atoms with Crippen LogP contribution in [-0.4, -0.2) is 18.5 Å². The van der Waals surface area contributed by atoms with Gasteiger partial charge in [0.1, 0.15) is 6.10 Å². The number of hydrogen-bond acceptors (Lipinski definition) is 4. The molecule has 0 aromatic heterocycles. The first-order valence-electron chi connectivity index (χ1n) is 10.1. The van der Waals surface area contributed by atoms with E-state index in [1.165, 1.54) is 26.2 Å². The Labute approximate surface area is 167 Å². The summed E-state index contributed by atoms with van der Waals surface area (Å²) in [6.45, 7) is 5.92. The Morgan fingerprint density at radius 1 is 0.857 bits per heavy atom. The van der Waals surface area contributed by atoms with Gasteiger partial charge in [0.15, 0.2) is 0 Å². The van der Waals surface area contributed by atoms with E-state index in [2.05, 4.69) is 6.92 Å². The highest BCUT2D eigenvalue weighted by molar-refractivity contribution is 5.90. The number of carbonyl (C=O) groups excluding carboxylic acids is 2. The van der Waals surface area contributed by atoms with Crippen molar-refractivity contribution in [3.05, 3.63) is 59.7 Å². The van der Waals surface area contributed by atoms with Gasteiger partial charge in [0.2, 0.25) is 0 Å². The van der Waals surface area contributed by atoms with Crippen molar-refractivity contribution >= 4 is 11.9 Å². The highest BCUT2D eigenvalue weighted by Gasteiger charge is 2.10. The molecular formula is C24H30O4. The Balaban J connectivity index is 1.89. The lowest BCUT2D eigenvalue weighted by atomic mass is 10.0. The van der Waals surface area contributed by atoms with Crippen molar-refractivity contribution in [1.82, 2.24) is 0 Å². The molecule has 0 radical (unpaired) electrons. The predicted molar refractivity (Wildman–Crippen MR) is 111 cm³/mol. The SMILES string of the molecule is CCCCCCCOC(=O)c1ccc(-c2ccc(C(C)OC(C)=O)cc2)cc1. The number of ether oxygens (including phenoxy) is 2. The molecule has 0 aliphatic heterocycles. The van der Waals surface area contributed by atoms with Gasteiger partial charge < -0.3 is 9.47 Å². The molecule has 4 nitrogen and oxygen atoms in total. The van der Waals surface area contributed by atoms with Crippen LogP contribution in [0.15, 0.2) is 48.5 Å². The van der Waals surface area contributed by atoms with Crippen molar-refractivity contribution in [2.45, 2.75) is 59.0 Å². The average Bonchev–Trinajstić information content (AvgIpc) is 2.70. The largest absolute Gasteiger partial charge is 0.462 e. The van der Waals surface area contributed by atoms with Crippen LogP contribution < -0.4 is 0 Å². The third-order valence-electron chi connectivity index (χ3n) is 4.66. The summed E-state index contributed by atoms with van der Waals surface area (Å²) in [7, 11) is 0. The van der Waals surface area contributed by atoms with Gasteiger partial charge in [-0.15, -0.1) is 0 Å². The van der Waals surface area contributed by atoms with E-state index < -0.39 is 0 Å². The number of benzene rings is 2. The van der Waals surface area contributed by atoms with Crippen LogP contribution in [-0.2, 0) is 14.3 Å². The van der Waals surface area contributed by atoms with E-state index in [4.69, 9.17) is 9.47 Å². The van der Waals surface area contributed by atoms with Crippen molar-refractivity contribution in [3.8, 4) is 11.1 Å². The Kier molecular flexibility index (Phi) is 8.73. The molecule has 0 aliphatic rings. The Hall–Kier alpha value is -2.62. The van der Waals surface area contributed by atoms with Crippen LogP contribution in [0.3, 0.4) is 0 Å². The minimum Gasteiger partial charge on any atom is -0.462 e. The zero-order valence-electron chi connectivity index (χ0n) is 17.1. The normalized spacial score (nSPS) is 11.7. The molecule has 0 bridgehead atoms. The maximum atomic E-state index is 12.1. The molecule has 1 unspecified atom stereocenters. The first-order chi connectivity index (χ1) is 13.5. The second-order valence-corrected chi connectivity index (χ2v) is 7.00. The number of esters is 2. The second-order valence-electron chi connectivity index (χ2n) is 7.00. The van der Waals surface area contributed by atoms with Gasteiger partial charge >= 0.3 is 11.9 Å². The maximum absolute atomic E-state index is 12.1. The molecule has 0 heterocycles. The molecule has 2 aromatic rings. The Bertz CT molecular complexity index is 747. The molecule has 0 N–H and O–H groups in total. The number of hydrogen-bond donors (Lipinski definition) is 0. The van der Waals surface area contributed by atoms with Crippen LogP contribution in [0, 0.1) is 0 Å². The first-order valence-corrected chi connectivity index (χ1v) is 10.1. The quantitative estimate of drug-likeness (QED) is 0.368. The van der Waals surface area contributed by atoms with E-state index >= 15 is 0 Å². The Morgan fingerprint density at radius 3 is 2.00 bits per heavy atom. The summed E-state index contributed by atoms with van der Waals surface area (Å²) in [5.41, 5.74) is 3.56. The molecule has 0 amide bonds. The summed E-state index contributed by atoms with van der Waals surface area (Å²) in [4.78, 5) is 23.2. The summed E-state index contributed by atoms with van der Waals surface area (Å²) in [5.74, 6) is -0.562. The second kappa shape index (κ2) is 11.3. The van der Waals surface area contributed by atoms with Crippen LogP contribution in [0.5, 0.6) is 0 Å². The van der Waals surface area contributed by atoms with Gasteiger partial charge in [-0.1, -0.05) is 69.0 Å². The van der Waals surface area contributed by atoms with E-state index in [-0.39, 0.29) is 18.0 Å². The molecular weight excluding hydrogens is 352 g/mol. The van der Waals surface area contributed by atoms with E-state index in [1.807, 2.05) is 43.3 Å². The minimum atomic E-state index is -0.292. The molecule has 4 heteroatoms. The molecule has 28 heavy (non-hydrogen) atoms. The van der Waals surface area contributed by atoms with Crippen LogP contribution >= 0.6 is 0 Å². The highest BCUT2D eigenvalue weighted by Crippen LogP contribution is 2.24. The van der Waals surface area contributed by atoms with Crippen LogP contribution in [0.25, 0.3) is 11.1 Å². The van der Waals surface area contributed by atoms with Crippen molar-refractivity contribution in [3.63, 3.8) is 0 Å². The predicted octanol–water partition coefficient (Wildman–Crippen LogP) is 6.10. The summed E-state index contributed by atoms with van der Waals surface area (Å²) >= 11 is 0. The third kappa shape index (κ3) is 6.84. The lowest BCUT2D eigenvalue weighted by molar-refractivity contribution is -0.145. The van der Waals surface area contributed by atoms with E-state index in [9.17, 15) is 9.59 Å². The van der Waals surface area contributed by atoms with Crippen LogP contribution in [0.2, 0.25) is 0 Å². The highest BCUT2D eigenvalue weighted by atomic mass is 16.5. The topological polar surface area (TPSA) is 52.6 Å². The number of carbonyl (C=O) groups is 2. The van der Waals surface area contributed by atoms with E-state index in [0.717, 1.165) is 29.5 Å². The standard InChI is InChI=1S/C24H30O4/c1-4-5-6-7-8-17-27-24(26)23-15-13-22(14-16-23)21-11-9-20(10-12-21)18(2)28-19(3)25/h9-16,18H,4-8,17H2,1-3H3. The van der Waals surface area contributed by atoms with Gasteiger partial charge in [-0.25, -0.2) is 4.79 Å². The van der Waals surface area contributed by atoms with Crippen LogP contribution in [0.1, 0.15) is 74.9 Å². The molecule has 0 saturated heterocycles. The molecule has 2 rings (SSSR count). The summed E-state index contributed by atoms with van der Waals surface area (Å²) in [5, 5.41) is 0.